The van der Waals surface area contributed by atoms with Crippen molar-refractivity contribution in [1.29, 1.82) is 0 Å². The van der Waals surface area contributed by atoms with Crippen molar-refractivity contribution < 1.29 is 9.26 Å². The van der Waals surface area contributed by atoms with Crippen molar-refractivity contribution in [2.24, 2.45) is 0 Å². The quantitative estimate of drug-likeness (QED) is 0.596. The fourth-order valence-corrected chi connectivity index (χ4v) is 1.36. The molecule has 0 aliphatic carbocycles. The van der Waals surface area contributed by atoms with Crippen LogP contribution < -0.4 is 9.29 Å². The van der Waals surface area contributed by atoms with E-state index in [2.05, 4.69) is 21.4 Å². The highest BCUT2D eigenvalue weighted by molar-refractivity contribution is 6.36. The van der Waals surface area contributed by atoms with Crippen LogP contribution in [0.25, 0.3) is 11.0 Å². The van der Waals surface area contributed by atoms with Crippen LogP contribution in [0.4, 0.5) is 0 Å². The number of methoxy groups -OCH3 is 1. The Balaban J connectivity index is 2.69. The number of rotatable bonds is 1. The van der Waals surface area contributed by atoms with Crippen molar-refractivity contribution in [1.82, 2.24) is 5.16 Å². The van der Waals surface area contributed by atoms with Crippen LogP contribution >= 0.6 is 0 Å². The van der Waals surface area contributed by atoms with E-state index in [1.807, 2.05) is 18.2 Å². The summed E-state index contributed by atoms with van der Waals surface area (Å²) in [7, 11) is 1.62. The number of ether oxygens (including phenoxy) is 1. The molecule has 4 heteroatoms. The summed E-state index contributed by atoms with van der Waals surface area (Å²) < 4.78 is 10.9. The maximum absolute atomic E-state index is 5.04. The maximum Gasteiger partial charge on any atom is 0.216 e. The first kappa shape index (κ1) is 7.66. The van der Waals surface area contributed by atoms with Crippen molar-refractivity contribution in [3.63, 3.8) is 0 Å². The van der Waals surface area contributed by atoms with E-state index in [4.69, 9.17) is 9.26 Å². The van der Waals surface area contributed by atoms with Gasteiger partial charge in [-0.3, -0.25) is 0 Å². The molecule has 2 aromatic rings. The zero-order valence-corrected chi connectivity index (χ0v) is 7.73. The third-order valence-corrected chi connectivity index (χ3v) is 2.12. The molecule has 1 aromatic heterocycles. The third kappa shape index (κ3) is 1.10. The molecular formula is C8H6AlNO2. The van der Waals surface area contributed by atoms with Crippen molar-refractivity contribution in [2.75, 3.05) is 7.11 Å². The lowest BCUT2D eigenvalue weighted by Crippen LogP contribution is -2.01. The topological polar surface area (TPSA) is 35.3 Å². The second-order valence-electron chi connectivity index (χ2n) is 2.43. The predicted molar refractivity (Wildman–Crippen MR) is 45.9 cm³/mol. The van der Waals surface area contributed by atoms with Gasteiger partial charge in [-0.25, -0.2) is 0 Å². The summed E-state index contributed by atoms with van der Waals surface area (Å²) in [6.07, 6.45) is 0. The molecule has 0 aliphatic heterocycles. The molecule has 2 radical (unpaired) electrons. The van der Waals surface area contributed by atoms with E-state index in [9.17, 15) is 0 Å². The molecule has 0 bridgehead atoms. The molecule has 0 atom stereocenters. The lowest BCUT2D eigenvalue weighted by Gasteiger charge is -1.96. The Morgan fingerprint density at radius 1 is 1.50 bits per heavy atom. The second-order valence-corrected chi connectivity index (χ2v) is 2.98. The van der Waals surface area contributed by atoms with Crippen molar-refractivity contribution >= 4 is 31.8 Å². The first-order valence-electron chi connectivity index (χ1n) is 3.50. The number of fused-ring (bicyclic) bond motifs is 1. The van der Waals surface area contributed by atoms with Gasteiger partial charge in [-0.05, 0) is 16.7 Å². The van der Waals surface area contributed by atoms with E-state index >= 15 is 0 Å². The molecule has 0 N–H and O–H groups in total. The van der Waals surface area contributed by atoms with Gasteiger partial charge in [-0.15, -0.1) is 5.16 Å². The van der Waals surface area contributed by atoms with Crippen molar-refractivity contribution in [2.45, 2.75) is 0 Å². The van der Waals surface area contributed by atoms with Crippen LogP contribution in [0.15, 0.2) is 22.7 Å². The standard InChI is InChI=1S/C8H6NO2.Al/c1-10-7-3-2-6-5-9-11-8(6)4-7;/h2-4H,1H3;. The zero-order chi connectivity index (χ0) is 8.55. The van der Waals surface area contributed by atoms with Crippen LogP contribution in [-0.4, -0.2) is 28.6 Å². The number of hydrogen-bond acceptors (Lipinski definition) is 3. The lowest BCUT2D eigenvalue weighted by atomic mass is 10.2. The molecular weight excluding hydrogens is 169 g/mol. The number of aromatic nitrogens is 1. The van der Waals surface area contributed by atoms with Crippen molar-refractivity contribution in [3.05, 3.63) is 18.2 Å². The zero-order valence-electron chi connectivity index (χ0n) is 6.57. The van der Waals surface area contributed by atoms with E-state index < -0.39 is 0 Å². The van der Waals surface area contributed by atoms with E-state index in [1.165, 1.54) is 0 Å². The largest absolute Gasteiger partial charge is 0.497 e. The van der Waals surface area contributed by atoms with Gasteiger partial charge in [-0.2, -0.15) is 0 Å². The summed E-state index contributed by atoms with van der Waals surface area (Å²) in [6.45, 7) is 0. The molecule has 12 heavy (non-hydrogen) atoms. The van der Waals surface area contributed by atoms with Gasteiger partial charge in [0.05, 0.1) is 7.11 Å². The summed E-state index contributed by atoms with van der Waals surface area (Å²) in [5, 5.41) is 4.80. The van der Waals surface area contributed by atoms with Gasteiger partial charge in [0.2, 0.25) is 16.3 Å². The first-order valence-corrected chi connectivity index (χ1v) is 4.08. The minimum atomic E-state index is 0.749. The smallest absolute Gasteiger partial charge is 0.216 e. The Bertz CT molecular complexity index is 410. The van der Waals surface area contributed by atoms with Crippen molar-refractivity contribution in [3.8, 4) is 5.75 Å². The molecule has 0 saturated carbocycles. The average Bonchev–Trinajstić information content (AvgIpc) is 2.47. The fourth-order valence-electron chi connectivity index (χ4n) is 1.06. The van der Waals surface area contributed by atoms with E-state index in [1.54, 1.807) is 7.11 Å². The molecule has 58 valence electrons. The summed E-state index contributed by atoms with van der Waals surface area (Å²) in [5.74, 6) is 0.781. The molecule has 0 unspecified atom stereocenters. The molecule has 1 heterocycles. The Morgan fingerprint density at radius 3 is 3.08 bits per heavy atom. The van der Waals surface area contributed by atoms with Gasteiger partial charge in [0.1, 0.15) is 5.75 Å². The summed E-state index contributed by atoms with van der Waals surface area (Å²) >= 11 is 2.52. The van der Waals surface area contributed by atoms with Gasteiger partial charge in [0.25, 0.3) is 0 Å². The first-order chi connectivity index (χ1) is 5.81. The number of hydrogen-bond donors (Lipinski definition) is 0. The van der Waals surface area contributed by atoms with E-state index in [0.29, 0.717) is 0 Å². The normalized spacial score (nSPS) is 10.4. The molecule has 0 spiro atoms. The monoisotopic (exact) mass is 175 g/mol. The Morgan fingerprint density at radius 2 is 2.33 bits per heavy atom. The highest BCUT2D eigenvalue weighted by atomic mass is 27.0. The van der Waals surface area contributed by atoms with Gasteiger partial charge in [0.15, 0.2) is 5.58 Å². The van der Waals surface area contributed by atoms with Crippen LogP contribution in [-0.2, 0) is 0 Å². The summed E-state index contributed by atoms with van der Waals surface area (Å²) in [6, 6.07) is 5.62. The molecule has 0 aliphatic rings. The summed E-state index contributed by atoms with van der Waals surface area (Å²) in [5.41, 5.74) is 0.749. The molecule has 3 nitrogen and oxygen atoms in total. The lowest BCUT2D eigenvalue weighted by molar-refractivity contribution is 0.412. The highest BCUT2D eigenvalue weighted by Crippen LogP contribution is 2.18. The molecule has 0 amide bonds. The molecule has 0 saturated heterocycles. The van der Waals surface area contributed by atoms with E-state index in [-0.39, 0.29) is 0 Å². The second kappa shape index (κ2) is 2.82. The predicted octanol–water partition coefficient (Wildman–Crippen LogP) is 0.630. The van der Waals surface area contributed by atoms with E-state index in [0.717, 1.165) is 21.3 Å². The van der Waals surface area contributed by atoms with Gasteiger partial charge in [-0.1, -0.05) is 0 Å². The Hall–Kier alpha value is -0.978. The minimum Gasteiger partial charge on any atom is -0.497 e. The third-order valence-electron chi connectivity index (χ3n) is 1.71. The van der Waals surface area contributed by atoms with Crippen LogP contribution in [0, 0.1) is 0 Å². The van der Waals surface area contributed by atoms with Crippen LogP contribution in [0.3, 0.4) is 0 Å². The fraction of sp³-hybridized carbons (Fsp3) is 0.125. The van der Waals surface area contributed by atoms with Gasteiger partial charge < -0.3 is 9.26 Å². The average molecular weight is 175 g/mol. The number of benzene rings is 1. The van der Waals surface area contributed by atoms with Crippen LogP contribution in [0.2, 0.25) is 0 Å². The van der Waals surface area contributed by atoms with Gasteiger partial charge >= 0.3 is 0 Å². The van der Waals surface area contributed by atoms with Crippen LogP contribution in [0.1, 0.15) is 0 Å². The molecule has 1 aromatic carbocycles. The van der Waals surface area contributed by atoms with Crippen LogP contribution in [0.5, 0.6) is 5.75 Å². The maximum atomic E-state index is 5.04. The number of nitrogens with zero attached hydrogens (tertiary/aromatic N) is 1. The molecule has 2 rings (SSSR count). The summed E-state index contributed by atoms with van der Waals surface area (Å²) in [4.78, 5) is 0. The Kier molecular flexibility index (Phi) is 1.80. The Labute approximate surface area is 77.7 Å². The molecule has 0 fully saturated rings. The highest BCUT2D eigenvalue weighted by Gasteiger charge is 2.02. The SMILES string of the molecule is COc1ccc2[c]([Al])noc2c1. The minimum absolute atomic E-state index is 0.749. The van der Waals surface area contributed by atoms with Gasteiger partial charge in [0, 0.05) is 11.5 Å².